The highest BCUT2D eigenvalue weighted by Crippen LogP contribution is 2.72. The highest BCUT2D eigenvalue weighted by molar-refractivity contribution is 5.18. The average molecular weight is 769 g/mol. The topological polar surface area (TPSA) is 208 Å². The highest BCUT2D eigenvalue weighted by atomic mass is 16.7. The van der Waals surface area contributed by atoms with E-state index in [4.69, 9.17) is 23.7 Å². The second kappa shape index (κ2) is 14.8. The van der Waals surface area contributed by atoms with Crippen molar-refractivity contribution in [3.8, 4) is 0 Å². The minimum absolute atomic E-state index is 0.0223. The van der Waals surface area contributed by atoms with Gasteiger partial charge in [0.1, 0.15) is 48.8 Å². The molecule has 3 heterocycles. The van der Waals surface area contributed by atoms with Crippen LogP contribution >= 0.6 is 0 Å². The maximum absolute atomic E-state index is 11.1. The SMILES string of the molecule is CC(C)=C[C@H]1C[C@](C)(O[C@@H]2O[C@H](CO)[C@@H](O)[C@H](O)[C@H]2O)[C@H]2CCC3(C)C2[C@@H](C[C@H]2[C@H]3CCC3C(C)(C)[C@@H](O[C@@H]4O[C@H](CO)[C@@H](O)[C@H](O)[C@H]4O)CC[C@@]32C)O1. The molecule has 8 N–H and O–H groups in total. The van der Waals surface area contributed by atoms with Gasteiger partial charge in [0.2, 0.25) is 0 Å². The molecule has 7 aliphatic rings. The summed E-state index contributed by atoms with van der Waals surface area (Å²) in [4.78, 5) is 0. The summed E-state index contributed by atoms with van der Waals surface area (Å²) in [7, 11) is 0. The maximum atomic E-state index is 11.1. The molecule has 310 valence electrons. The first kappa shape index (κ1) is 41.4. The third-order valence-electron chi connectivity index (χ3n) is 16.1. The van der Waals surface area contributed by atoms with Crippen LogP contribution in [0.1, 0.15) is 99.8 Å². The number of hydrogen-bond donors (Lipinski definition) is 8. The molecule has 3 saturated heterocycles. The third-order valence-corrected chi connectivity index (χ3v) is 16.1. The van der Waals surface area contributed by atoms with Crippen molar-refractivity contribution in [3.05, 3.63) is 11.6 Å². The van der Waals surface area contributed by atoms with Gasteiger partial charge < -0.3 is 64.5 Å². The predicted molar refractivity (Wildman–Crippen MR) is 194 cm³/mol. The van der Waals surface area contributed by atoms with Crippen LogP contribution in [0.5, 0.6) is 0 Å². The molecule has 0 bridgehead atoms. The van der Waals surface area contributed by atoms with Gasteiger partial charge in [-0.2, -0.15) is 0 Å². The van der Waals surface area contributed by atoms with Crippen molar-refractivity contribution in [1.29, 1.82) is 0 Å². The van der Waals surface area contributed by atoms with Crippen molar-refractivity contribution >= 4 is 0 Å². The summed E-state index contributed by atoms with van der Waals surface area (Å²) in [6.07, 6.45) is -4.62. The normalized spacial score (nSPS) is 55.5. The van der Waals surface area contributed by atoms with E-state index in [1.807, 2.05) is 0 Å². The van der Waals surface area contributed by atoms with Gasteiger partial charge in [-0.3, -0.25) is 0 Å². The van der Waals surface area contributed by atoms with Gasteiger partial charge in [0.15, 0.2) is 12.6 Å². The summed E-state index contributed by atoms with van der Waals surface area (Å²) in [5.74, 6) is 1.40. The van der Waals surface area contributed by atoms with Gasteiger partial charge in [-0.05, 0) is 112 Å². The fraction of sp³-hybridized carbons (Fsp3) is 0.951. The molecule has 3 unspecified atom stereocenters. The first-order valence-electron chi connectivity index (χ1n) is 20.6. The minimum atomic E-state index is -1.52. The van der Waals surface area contributed by atoms with E-state index in [1.165, 1.54) is 0 Å². The van der Waals surface area contributed by atoms with Gasteiger partial charge in [0.25, 0.3) is 0 Å². The molecule has 0 aromatic heterocycles. The molecule has 0 aromatic rings. The Morgan fingerprint density at radius 2 is 1.26 bits per heavy atom. The lowest BCUT2D eigenvalue weighted by molar-refractivity contribution is -0.334. The lowest BCUT2D eigenvalue weighted by Crippen LogP contribution is -2.64. The smallest absolute Gasteiger partial charge is 0.187 e. The van der Waals surface area contributed by atoms with E-state index in [0.29, 0.717) is 24.2 Å². The molecule has 7 fully saturated rings. The molecule has 7 rings (SSSR count). The molecule has 0 spiro atoms. The lowest BCUT2D eigenvalue weighted by Gasteiger charge is -2.67. The Morgan fingerprint density at radius 1 is 0.667 bits per heavy atom. The first-order chi connectivity index (χ1) is 25.3. The zero-order chi connectivity index (χ0) is 39.3. The van der Waals surface area contributed by atoms with E-state index in [0.717, 1.165) is 50.5 Å². The lowest BCUT2D eigenvalue weighted by atomic mass is 9.39. The van der Waals surface area contributed by atoms with Gasteiger partial charge in [0, 0.05) is 6.42 Å². The van der Waals surface area contributed by atoms with Crippen LogP contribution in [0.4, 0.5) is 0 Å². The van der Waals surface area contributed by atoms with E-state index in [9.17, 15) is 40.9 Å². The van der Waals surface area contributed by atoms with E-state index in [2.05, 4.69) is 54.5 Å². The van der Waals surface area contributed by atoms with Crippen LogP contribution in [0, 0.1) is 45.8 Å². The molecule has 0 amide bonds. The minimum Gasteiger partial charge on any atom is -0.394 e. The van der Waals surface area contributed by atoms with Crippen LogP contribution in [0.15, 0.2) is 11.6 Å². The molecule has 3 aliphatic heterocycles. The third kappa shape index (κ3) is 6.57. The molecule has 13 nitrogen and oxygen atoms in total. The quantitative estimate of drug-likeness (QED) is 0.138. The summed E-state index contributed by atoms with van der Waals surface area (Å²) in [6, 6.07) is 0. The number of fused-ring (bicyclic) bond motifs is 4. The average Bonchev–Trinajstić information content (AvgIpc) is 3.44. The Bertz CT molecular complexity index is 1370. The first-order valence-corrected chi connectivity index (χ1v) is 20.6. The van der Waals surface area contributed by atoms with Gasteiger partial charge in [0.05, 0.1) is 37.1 Å². The van der Waals surface area contributed by atoms with Gasteiger partial charge in [-0.1, -0.05) is 39.3 Å². The van der Waals surface area contributed by atoms with Crippen molar-refractivity contribution in [1.82, 2.24) is 0 Å². The standard InChI is InChI=1S/C41H68O13/c1-19(2)14-20-16-41(7,54-37-35(49)33(47)31(45)26(18-43)52-37)22-10-12-40(6)21-8-9-27-38(3,4)28(53-36-34(48)32(46)30(44)25(17-42)51-36)11-13-39(27,5)23(21)15-24(50-20)29(22)40/h14,20-37,42-49H,8-13,15-18H2,1-7H3/t20-,21+,22-,23-,24+,25+,26+,27?,28-,29?,30+,31+,32-,33-,34+,35+,36-,37-,39+,40?,41-/m0/s1. The number of aliphatic hydroxyl groups excluding tert-OH is 8. The Balaban J connectivity index is 1.16. The van der Waals surface area contributed by atoms with Crippen molar-refractivity contribution in [2.45, 2.75) is 185 Å². The number of aliphatic hydroxyl groups is 8. The van der Waals surface area contributed by atoms with Crippen LogP contribution in [-0.2, 0) is 23.7 Å². The predicted octanol–water partition coefficient (Wildman–Crippen LogP) is 1.78. The van der Waals surface area contributed by atoms with Crippen molar-refractivity contribution in [2.24, 2.45) is 45.8 Å². The fourth-order valence-corrected chi connectivity index (χ4v) is 13.5. The van der Waals surface area contributed by atoms with Crippen molar-refractivity contribution in [3.63, 3.8) is 0 Å². The van der Waals surface area contributed by atoms with Gasteiger partial charge >= 0.3 is 0 Å². The van der Waals surface area contributed by atoms with Crippen molar-refractivity contribution < 1.29 is 64.5 Å². The molecule has 4 aliphatic carbocycles. The molecule has 4 saturated carbocycles. The summed E-state index contributed by atoms with van der Waals surface area (Å²) in [6.45, 7) is 14.6. The Kier molecular flexibility index (Phi) is 11.3. The number of hydrogen-bond acceptors (Lipinski definition) is 13. The van der Waals surface area contributed by atoms with Crippen LogP contribution < -0.4 is 0 Å². The zero-order valence-corrected chi connectivity index (χ0v) is 33.2. The summed E-state index contributed by atoms with van der Waals surface area (Å²) >= 11 is 0. The molecular formula is C41H68O13. The second-order valence-electron chi connectivity index (χ2n) is 19.7. The molecule has 0 radical (unpaired) electrons. The summed E-state index contributed by atoms with van der Waals surface area (Å²) in [5, 5.41) is 83.5. The van der Waals surface area contributed by atoms with E-state index in [1.54, 1.807) is 0 Å². The highest BCUT2D eigenvalue weighted by Gasteiger charge is 2.69. The Hall–Kier alpha value is -0.780. The van der Waals surface area contributed by atoms with Crippen LogP contribution in [0.25, 0.3) is 0 Å². The Labute approximate surface area is 320 Å². The summed E-state index contributed by atoms with van der Waals surface area (Å²) < 4.78 is 32.3. The zero-order valence-electron chi connectivity index (χ0n) is 33.2. The molecule has 54 heavy (non-hydrogen) atoms. The van der Waals surface area contributed by atoms with Crippen LogP contribution in [0.2, 0.25) is 0 Å². The number of ether oxygens (including phenoxy) is 5. The molecule has 13 heteroatoms. The van der Waals surface area contributed by atoms with Gasteiger partial charge in [-0.15, -0.1) is 0 Å². The number of allylic oxidation sites excluding steroid dienone is 1. The van der Waals surface area contributed by atoms with Crippen molar-refractivity contribution in [2.75, 3.05) is 13.2 Å². The monoisotopic (exact) mass is 768 g/mol. The van der Waals surface area contributed by atoms with Crippen LogP contribution in [0.3, 0.4) is 0 Å². The second-order valence-corrected chi connectivity index (χ2v) is 19.7. The molecular weight excluding hydrogens is 700 g/mol. The van der Waals surface area contributed by atoms with Crippen LogP contribution in [-0.4, -0.2) is 139 Å². The number of rotatable bonds is 7. The molecule has 0 aromatic carbocycles. The van der Waals surface area contributed by atoms with Gasteiger partial charge in [-0.25, -0.2) is 0 Å². The maximum Gasteiger partial charge on any atom is 0.187 e. The summed E-state index contributed by atoms with van der Waals surface area (Å²) in [5.41, 5.74) is -0.0369. The fourth-order valence-electron chi connectivity index (χ4n) is 13.5. The Morgan fingerprint density at radius 3 is 1.87 bits per heavy atom. The van der Waals surface area contributed by atoms with E-state index >= 15 is 0 Å². The largest absolute Gasteiger partial charge is 0.394 e. The van der Waals surface area contributed by atoms with E-state index < -0.39 is 80.2 Å². The van der Waals surface area contributed by atoms with E-state index in [-0.39, 0.29) is 46.4 Å². The molecule has 21 atom stereocenters.